The molecule has 2 aromatic rings. The van der Waals surface area contributed by atoms with Crippen LogP contribution in [0.25, 0.3) is 11.2 Å². The van der Waals surface area contributed by atoms with E-state index in [1.165, 1.54) is 0 Å². The van der Waals surface area contributed by atoms with Gasteiger partial charge in [0, 0.05) is 27.4 Å². The molecule has 0 amide bonds. The summed E-state index contributed by atoms with van der Waals surface area (Å²) in [6.07, 6.45) is 3.87. The molecule has 1 aliphatic heterocycles. The van der Waals surface area contributed by atoms with E-state index in [0.29, 0.717) is 36.7 Å². The summed E-state index contributed by atoms with van der Waals surface area (Å²) < 4.78 is 36.7. The largest absolute Gasteiger partial charge is 0.361 e. The average molecular weight is 412 g/mol. The van der Waals surface area contributed by atoms with Crippen molar-refractivity contribution >= 4 is 25.1 Å². The zero-order valence-corrected chi connectivity index (χ0v) is 18.5. The molecule has 0 bridgehead atoms. The molecule has 0 N–H and O–H groups in total. The normalized spacial score (nSPS) is 20.3. The number of nitrogens with zero attached hydrogens (tertiary/aromatic N) is 5. The predicted molar refractivity (Wildman–Crippen MR) is 111 cm³/mol. The molecule has 0 radical (unpaired) electrons. The number of alkyl halides is 2. The van der Waals surface area contributed by atoms with E-state index in [1.807, 2.05) is 16.8 Å². The predicted octanol–water partition coefficient (Wildman–Crippen LogP) is 3.52. The topological polar surface area (TPSA) is 46.4 Å². The summed E-state index contributed by atoms with van der Waals surface area (Å²) in [6.45, 7) is 8.32. The molecule has 3 heterocycles. The monoisotopic (exact) mass is 411 g/mol. The highest BCUT2D eigenvalue weighted by Crippen LogP contribution is 2.32. The number of halogens is 2. The summed E-state index contributed by atoms with van der Waals surface area (Å²) in [5, 5.41) is 0. The Labute approximate surface area is 166 Å². The van der Waals surface area contributed by atoms with E-state index in [9.17, 15) is 8.78 Å². The van der Waals surface area contributed by atoms with Crippen molar-refractivity contribution in [1.29, 1.82) is 0 Å². The Kier molecular flexibility index (Phi) is 6.07. The molecule has 6 nitrogen and oxygen atoms in total. The fourth-order valence-electron chi connectivity index (χ4n) is 3.51. The van der Waals surface area contributed by atoms with Gasteiger partial charge in [0.1, 0.15) is 18.1 Å². The lowest BCUT2D eigenvalue weighted by Crippen LogP contribution is -2.56. The van der Waals surface area contributed by atoms with Crippen molar-refractivity contribution in [3.63, 3.8) is 0 Å². The zero-order valence-electron chi connectivity index (χ0n) is 17.5. The summed E-state index contributed by atoms with van der Waals surface area (Å²) in [4.78, 5) is 12.3. The maximum Gasteiger partial charge on any atom is 0.280 e. The van der Waals surface area contributed by atoms with Crippen LogP contribution in [0, 0.1) is 0 Å². The van der Waals surface area contributed by atoms with E-state index in [0.717, 1.165) is 12.7 Å². The van der Waals surface area contributed by atoms with Gasteiger partial charge in [-0.15, -0.1) is 0 Å². The van der Waals surface area contributed by atoms with Crippen molar-refractivity contribution in [1.82, 2.24) is 19.4 Å². The zero-order chi connectivity index (χ0) is 20.5. The van der Waals surface area contributed by atoms with E-state index in [1.54, 1.807) is 30.1 Å². The van der Waals surface area contributed by atoms with Gasteiger partial charge in [0.25, 0.3) is 5.92 Å². The van der Waals surface area contributed by atoms with Crippen molar-refractivity contribution in [3.05, 3.63) is 18.5 Å². The molecule has 1 unspecified atom stereocenters. The molecule has 1 atom stereocenters. The van der Waals surface area contributed by atoms with Crippen LogP contribution >= 0.6 is 0 Å². The van der Waals surface area contributed by atoms with Crippen LogP contribution in [0.1, 0.15) is 6.42 Å². The molecule has 1 aliphatic rings. The molecule has 9 heteroatoms. The molecule has 0 spiro atoms. The minimum absolute atomic E-state index is 0.337. The molecule has 2 aromatic heterocycles. The third kappa shape index (κ3) is 4.87. The number of aromatic nitrogens is 3. The summed E-state index contributed by atoms with van der Waals surface area (Å²) in [6, 6.07) is 2.23. The SMILES string of the molecule is CN(C)C1CCN(c2cnc3c(ccn3COCC[Si](C)(C)C)n2)CC1(F)F. The Morgan fingerprint density at radius 1 is 1.32 bits per heavy atom. The maximum atomic E-state index is 14.5. The van der Waals surface area contributed by atoms with Crippen molar-refractivity contribution < 1.29 is 13.5 Å². The lowest BCUT2D eigenvalue weighted by atomic mass is 10.00. The fourth-order valence-corrected chi connectivity index (χ4v) is 4.27. The molecular formula is C19H31F2N5OSi. The second-order valence-electron chi connectivity index (χ2n) is 9.02. The quantitative estimate of drug-likeness (QED) is 0.515. The first-order chi connectivity index (χ1) is 13.1. The van der Waals surface area contributed by atoms with Gasteiger partial charge in [-0.05, 0) is 32.6 Å². The summed E-state index contributed by atoms with van der Waals surface area (Å²) in [5.41, 5.74) is 1.41. The van der Waals surface area contributed by atoms with E-state index in [4.69, 9.17) is 4.74 Å². The third-order valence-corrected chi connectivity index (χ3v) is 6.89. The van der Waals surface area contributed by atoms with Gasteiger partial charge in [-0.1, -0.05) is 19.6 Å². The van der Waals surface area contributed by atoms with Crippen LogP contribution in [0.15, 0.2) is 18.5 Å². The fraction of sp³-hybridized carbons (Fsp3) is 0.684. The Morgan fingerprint density at radius 2 is 2.07 bits per heavy atom. The van der Waals surface area contributed by atoms with Crippen molar-refractivity contribution in [3.8, 4) is 0 Å². The standard InChI is InChI=1S/C19H31F2N5OSi/c1-24(2)16-7-9-25(13-19(16,20)21)17-12-22-18-15(23-17)6-8-26(18)14-27-10-11-28(3,4)5/h6,8,12,16H,7,9-11,13-14H2,1-5H3. The Bertz CT molecular complexity index is 805. The molecular weight excluding hydrogens is 380 g/mol. The first kappa shape index (κ1) is 21.1. The summed E-state index contributed by atoms with van der Waals surface area (Å²) >= 11 is 0. The highest BCUT2D eigenvalue weighted by Gasteiger charge is 2.46. The minimum atomic E-state index is -2.78. The van der Waals surface area contributed by atoms with E-state index >= 15 is 0 Å². The number of hydrogen-bond donors (Lipinski definition) is 0. The number of anilines is 1. The number of fused-ring (bicyclic) bond motifs is 1. The average Bonchev–Trinajstić information content (AvgIpc) is 2.99. The summed E-state index contributed by atoms with van der Waals surface area (Å²) in [7, 11) is 2.29. The van der Waals surface area contributed by atoms with Gasteiger partial charge in [0.05, 0.1) is 18.8 Å². The maximum absolute atomic E-state index is 14.5. The molecule has 0 aromatic carbocycles. The van der Waals surface area contributed by atoms with Gasteiger partial charge in [-0.25, -0.2) is 18.7 Å². The van der Waals surface area contributed by atoms with Crippen LogP contribution in [-0.4, -0.2) is 73.3 Å². The highest BCUT2D eigenvalue weighted by atomic mass is 28.3. The first-order valence-electron chi connectivity index (χ1n) is 9.76. The minimum Gasteiger partial charge on any atom is -0.361 e. The van der Waals surface area contributed by atoms with Crippen LogP contribution in [0.2, 0.25) is 25.7 Å². The number of hydrogen-bond acceptors (Lipinski definition) is 5. The second kappa shape index (κ2) is 8.04. The van der Waals surface area contributed by atoms with Crippen molar-refractivity contribution in [2.75, 3.05) is 38.7 Å². The van der Waals surface area contributed by atoms with Crippen molar-refractivity contribution in [2.24, 2.45) is 0 Å². The van der Waals surface area contributed by atoms with Crippen molar-refractivity contribution in [2.45, 2.75) is 50.8 Å². The molecule has 3 rings (SSSR count). The van der Waals surface area contributed by atoms with Crippen LogP contribution in [-0.2, 0) is 11.5 Å². The second-order valence-corrected chi connectivity index (χ2v) is 14.6. The number of piperidine rings is 1. The third-order valence-electron chi connectivity index (χ3n) is 5.19. The van der Waals surface area contributed by atoms with E-state index < -0.39 is 20.0 Å². The van der Waals surface area contributed by atoms with Gasteiger partial charge >= 0.3 is 0 Å². The van der Waals surface area contributed by atoms with Gasteiger partial charge in [-0.2, -0.15) is 0 Å². The smallest absolute Gasteiger partial charge is 0.280 e. The van der Waals surface area contributed by atoms with Crippen LogP contribution in [0.3, 0.4) is 0 Å². The number of rotatable bonds is 7. The Balaban J connectivity index is 1.67. The lowest BCUT2D eigenvalue weighted by molar-refractivity contribution is -0.0753. The van der Waals surface area contributed by atoms with E-state index in [2.05, 4.69) is 29.6 Å². The first-order valence-corrected chi connectivity index (χ1v) is 13.5. The molecule has 156 valence electrons. The van der Waals surface area contributed by atoms with Gasteiger partial charge < -0.3 is 19.1 Å². The van der Waals surface area contributed by atoms with Crippen LogP contribution < -0.4 is 4.90 Å². The van der Waals surface area contributed by atoms with Crippen LogP contribution in [0.5, 0.6) is 0 Å². The molecule has 0 aliphatic carbocycles. The summed E-state index contributed by atoms with van der Waals surface area (Å²) in [5.74, 6) is -2.28. The van der Waals surface area contributed by atoms with Gasteiger partial charge in [0.2, 0.25) is 0 Å². The highest BCUT2D eigenvalue weighted by molar-refractivity contribution is 6.76. The lowest BCUT2D eigenvalue weighted by Gasteiger charge is -2.41. The van der Waals surface area contributed by atoms with Gasteiger partial charge in [-0.3, -0.25) is 0 Å². The molecule has 1 fully saturated rings. The Morgan fingerprint density at radius 3 is 2.71 bits per heavy atom. The molecule has 0 saturated carbocycles. The number of ether oxygens (including phenoxy) is 1. The van der Waals surface area contributed by atoms with Crippen LogP contribution in [0.4, 0.5) is 14.6 Å². The molecule has 1 saturated heterocycles. The molecule has 28 heavy (non-hydrogen) atoms. The van der Waals surface area contributed by atoms with Gasteiger partial charge in [0.15, 0.2) is 5.65 Å². The Hall–Kier alpha value is -1.58. The van der Waals surface area contributed by atoms with E-state index in [-0.39, 0.29) is 6.54 Å².